The van der Waals surface area contributed by atoms with Crippen molar-refractivity contribution in [1.82, 2.24) is 0 Å². The molecule has 0 atom stereocenters. The van der Waals surface area contributed by atoms with Gasteiger partial charge in [0.05, 0.1) is 3.04 Å². The van der Waals surface area contributed by atoms with Crippen molar-refractivity contribution < 1.29 is 4.79 Å². The minimum atomic E-state index is -0.0504. The minimum absolute atomic E-state index is 0.0504. The summed E-state index contributed by atoms with van der Waals surface area (Å²) in [4.78, 5) is 12.1. The highest BCUT2D eigenvalue weighted by Crippen LogP contribution is 2.21. The van der Waals surface area contributed by atoms with Crippen molar-refractivity contribution in [3.8, 4) is 0 Å². The van der Waals surface area contributed by atoms with Crippen molar-refractivity contribution in [2.24, 2.45) is 0 Å². The predicted octanol–water partition coefficient (Wildman–Crippen LogP) is 3.82. The second-order valence-electron chi connectivity index (χ2n) is 2.17. The van der Waals surface area contributed by atoms with E-state index in [2.05, 4.69) is 0 Å². The fourth-order valence-corrected chi connectivity index (χ4v) is 2.08. The van der Waals surface area contributed by atoms with Gasteiger partial charge in [0.2, 0.25) is 5.12 Å². The fraction of sp³-hybridized carbons (Fsp3) is 0. The molecule has 0 aromatic heterocycles. The number of rotatable bonds is 2. The summed E-state index contributed by atoms with van der Waals surface area (Å²) in [6.07, 6.45) is 1.40. The van der Waals surface area contributed by atoms with Gasteiger partial charge in [-0.15, -0.1) is 0 Å². The Morgan fingerprint density at radius 2 is 2.00 bits per heavy atom. The van der Waals surface area contributed by atoms with E-state index in [1.54, 1.807) is 0 Å². The average molecular weight is 325 g/mol. The molecule has 0 saturated carbocycles. The van der Waals surface area contributed by atoms with E-state index in [1.165, 1.54) is 17.8 Å². The lowest BCUT2D eigenvalue weighted by Gasteiger charge is -1.94. The number of carbonyl (C=O) groups is 1. The van der Waals surface area contributed by atoms with Crippen molar-refractivity contribution >= 4 is 51.1 Å². The number of hydrogen-bond acceptors (Lipinski definition) is 2. The van der Waals surface area contributed by atoms with Crippen molar-refractivity contribution in [3.05, 3.63) is 39.4 Å². The molecule has 0 aliphatic rings. The van der Waals surface area contributed by atoms with Crippen LogP contribution in [0.4, 0.5) is 0 Å². The molecule has 0 bridgehead atoms. The molecule has 0 saturated heterocycles. The number of thioether (sulfide) groups is 1. The predicted molar refractivity (Wildman–Crippen MR) is 65.3 cm³/mol. The average Bonchev–Trinajstić information content (AvgIpc) is 2.04. The van der Waals surface area contributed by atoms with Gasteiger partial charge in [-0.1, -0.05) is 29.8 Å². The number of hydrogen-bond donors (Lipinski definition) is 0. The Balaban J connectivity index is 2.61. The van der Waals surface area contributed by atoms with Crippen molar-refractivity contribution in [1.29, 1.82) is 0 Å². The van der Waals surface area contributed by atoms with Crippen molar-refractivity contribution in [2.75, 3.05) is 0 Å². The third kappa shape index (κ3) is 4.69. The van der Waals surface area contributed by atoms with Gasteiger partial charge < -0.3 is 0 Å². The number of benzene rings is 1. The lowest BCUT2D eigenvalue weighted by Crippen LogP contribution is -1.83. The Hall–Kier alpha value is -0.000000000000000222. The highest BCUT2D eigenvalue weighted by atomic mass is 127. The summed E-state index contributed by atoms with van der Waals surface area (Å²) in [6.45, 7) is 0. The molecule has 13 heavy (non-hydrogen) atoms. The molecule has 0 aliphatic carbocycles. The van der Waals surface area contributed by atoms with Crippen LogP contribution >= 0.6 is 46.0 Å². The minimum Gasteiger partial charge on any atom is -0.282 e. The van der Waals surface area contributed by atoms with Crippen LogP contribution in [0.2, 0.25) is 0 Å². The van der Waals surface area contributed by atoms with Crippen LogP contribution in [-0.2, 0) is 4.79 Å². The first kappa shape index (κ1) is 11.1. The molecular formula is C9H6ClIOS. The van der Waals surface area contributed by atoms with Crippen LogP contribution in [0.25, 0.3) is 0 Å². The van der Waals surface area contributed by atoms with E-state index < -0.39 is 0 Å². The summed E-state index contributed by atoms with van der Waals surface area (Å²) in [5.41, 5.74) is 0. The van der Waals surface area contributed by atoms with Crippen LogP contribution in [0.5, 0.6) is 0 Å². The van der Waals surface area contributed by atoms with Gasteiger partial charge in [-0.3, -0.25) is 4.79 Å². The van der Waals surface area contributed by atoms with E-state index in [0.717, 1.165) is 4.90 Å². The topological polar surface area (TPSA) is 17.1 Å². The zero-order valence-electron chi connectivity index (χ0n) is 6.54. The molecule has 1 aromatic rings. The van der Waals surface area contributed by atoms with E-state index in [0.29, 0.717) is 3.04 Å². The number of carbonyl (C=O) groups excluding carboxylic acids is 1. The molecule has 0 radical (unpaired) electrons. The molecule has 0 aliphatic heterocycles. The van der Waals surface area contributed by atoms with Crippen molar-refractivity contribution in [2.45, 2.75) is 4.90 Å². The van der Waals surface area contributed by atoms with E-state index in [9.17, 15) is 4.79 Å². The second-order valence-corrected chi connectivity index (χ2v) is 5.45. The van der Waals surface area contributed by atoms with E-state index in [-0.39, 0.29) is 5.12 Å². The van der Waals surface area contributed by atoms with E-state index in [4.69, 9.17) is 11.6 Å². The molecule has 0 amide bonds. The molecule has 0 spiro atoms. The largest absolute Gasteiger partial charge is 0.282 e. The molecular weight excluding hydrogens is 319 g/mol. The smallest absolute Gasteiger partial charge is 0.218 e. The normalized spacial score (nSPS) is 11.4. The van der Waals surface area contributed by atoms with Gasteiger partial charge in [-0.25, -0.2) is 0 Å². The molecule has 0 unspecified atom stereocenters. The highest BCUT2D eigenvalue weighted by molar-refractivity contribution is 14.1. The first-order valence-corrected chi connectivity index (χ1v) is 5.75. The summed E-state index contributed by atoms with van der Waals surface area (Å²) in [5.74, 6) is 0. The van der Waals surface area contributed by atoms with Gasteiger partial charge in [0, 0.05) is 11.0 Å². The van der Waals surface area contributed by atoms with Gasteiger partial charge in [-0.05, 0) is 46.5 Å². The molecule has 1 rings (SSSR count). The van der Waals surface area contributed by atoms with Gasteiger partial charge in [-0.2, -0.15) is 0 Å². The number of halogens is 2. The van der Waals surface area contributed by atoms with Crippen LogP contribution < -0.4 is 0 Å². The third-order valence-electron chi connectivity index (χ3n) is 1.19. The fourth-order valence-electron chi connectivity index (χ4n) is 0.723. The Kier molecular flexibility index (Phi) is 4.83. The first-order valence-electron chi connectivity index (χ1n) is 3.48. The summed E-state index contributed by atoms with van der Waals surface area (Å²) >= 11 is 8.61. The highest BCUT2D eigenvalue weighted by Gasteiger charge is 2.00. The molecule has 68 valence electrons. The van der Waals surface area contributed by atoms with E-state index >= 15 is 0 Å². The summed E-state index contributed by atoms with van der Waals surface area (Å²) in [5, 5.41) is -0.0504. The van der Waals surface area contributed by atoms with Crippen LogP contribution in [0.15, 0.2) is 44.3 Å². The molecule has 0 N–H and O–H groups in total. The van der Waals surface area contributed by atoms with Crippen molar-refractivity contribution in [3.63, 3.8) is 0 Å². The van der Waals surface area contributed by atoms with Gasteiger partial charge in [0.25, 0.3) is 0 Å². The monoisotopic (exact) mass is 324 g/mol. The molecule has 1 nitrogen and oxygen atoms in total. The Morgan fingerprint density at radius 1 is 1.38 bits per heavy atom. The summed E-state index contributed by atoms with van der Waals surface area (Å²) < 4.78 is 0.478. The van der Waals surface area contributed by atoms with Gasteiger partial charge >= 0.3 is 0 Å². The SMILES string of the molecule is O=C(/C=C(\Cl)I)Sc1ccccc1. The first-order chi connectivity index (χ1) is 6.18. The van der Waals surface area contributed by atoms with Gasteiger partial charge in [0.1, 0.15) is 0 Å². The third-order valence-corrected chi connectivity index (χ3v) is 2.44. The Morgan fingerprint density at radius 3 is 2.54 bits per heavy atom. The summed E-state index contributed by atoms with van der Waals surface area (Å²) in [7, 11) is 0. The Labute approximate surface area is 99.7 Å². The maximum Gasteiger partial charge on any atom is 0.218 e. The zero-order chi connectivity index (χ0) is 9.68. The van der Waals surface area contributed by atoms with Gasteiger partial charge in [0.15, 0.2) is 0 Å². The molecule has 0 heterocycles. The van der Waals surface area contributed by atoms with Crippen LogP contribution in [-0.4, -0.2) is 5.12 Å². The Bertz CT molecular complexity index is 320. The molecule has 0 fully saturated rings. The van der Waals surface area contributed by atoms with Crippen LogP contribution in [0, 0.1) is 0 Å². The lowest BCUT2D eigenvalue weighted by atomic mass is 10.4. The zero-order valence-corrected chi connectivity index (χ0v) is 10.3. The van der Waals surface area contributed by atoms with E-state index in [1.807, 2.05) is 52.9 Å². The molecule has 4 heteroatoms. The summed E-state index contributed by atoms with van der Waals surface area (Å²) in [6, 6.07) is 9.47. The second kappa shape index (κ2) is 5.67. The maximum atomic E-state index is 11.2. The quantitative estimate of drug-likeness (QED) is 0.467. The lowest BCUT2D eigenvalue weighted by molar-refractivity contribution is -0.107. The maximum absolute atomic E-state index is 11.2. The standard InChI is InChI=1S/C9H6ClIOS/c10-8(11)6-9(12)13-7-4-2-1-3-5-7/h1-6H/b8-6+. The van der Waals surface area contributed by atoms with Crippen LogP contribution in [0.1, 0.15) is 0 Å². The molecule has 1 aromatic carbocycles. The van der Waals surface area contributed by atoms with Crippen LogP contribution in [0.3, 0.4) is 0 Å².